The SMILES string of the molecule is Cc1ccc(NC(=O)CN(C)C(=O)CSc2cc(C)c3cccc(C)c3n2)cc1. The number of rotatable bonds is 6. The fraction of sp³-hybridized carbons (Fsp3) is 0.261. The highest BCUT2D eigenvalue weighted by molar-refractivity contribution is 7.99. The average molecular weight is 408 g/mol. The van der Waals surface area contributed by atoms with Gasteiger partial charge in [0.2, 0.25) is 11.8 Å². The lowest BCUT2D eigenvalue weighted by Crippen LogP contribution is -2.35. The number of hydrogen-bond donors (Lipinski definition) is 1. The van der Waals surface area contributed by atoms with Crippen molar-refractivity contribution in [2.75, 3.05) is 24.7 Å². The first kappa shape index (κ1) is 20.9. The predicted octanol–water partition coefficient (Wildman–Crippen LogP) is 4.35. The largest absolute Gasteiger partial charge is 0.336 e. The molecule has 0 saturated heterocycles. The minimum atomic E-state index is -0.218. The number of pyridine rings is 1. The molecule has 6 heteroatoms. The van der Waals surface area contributed by atoms with Crippen LogP contribution in [0.2, 0.25) is 0 Å². The second-order valence-electron chi connectivity index (χ2n) is 7.20. The second-order valence-corrected chi connectivity index (χ2v) is 8.20. The first-order valence-electron chi connectivity index (χ1n) is 9.44. The number of aryl methyl sites for hydroxylation is 3. The Morgan fingerprint density at radius 2 is 1.76 bits per heavy atom. The number of likely N-dealkylation sites (N-methyl/N-ethyl adjacent to an activating group) is 1. The van der Waals surface area contributed by atoms with Crippen molar-refractivity contribution < 1.29 is 9.59 Å². The molecule has 0 aliphatic heterocycles. The van der Waals surface area contributed by atoms with Crippen molar-refractivity contribution in [1.29, 1.82) is 0 Å². The molecule has 0 saturated carbocycles. The molecule has 0 atom stereocenters. The minimum Gasteiger partial charge on any atom is -0.336 e. The van der Waals surface area contributed by atoms with Crippen LogP contribution in [0.25, 0.3) is 10.9 Å². The summed E-state index contributed by atoms with van der Waals surface area (Å²) in [6.07, 6.45) is 0. The number of para-hydroxylation sites is 1. The van der Waals surface area contributed by atoms with Crippen molar-refractivity contribution in [2.24, 2.45) is 0 Å². The lowest BCUT2D eigenvalue weighted by atomic mass is 10.1. The van der Waals surface area contributed by atoms with Crippen LogP contribution in [0.1, 0.15) is 16.7 Å². The normalized spacial score (nSPS) is 10.8. The van der Waals surface area contributed by atoms with E-state index in [0.29, 0.717) is 0 Å². The maximum atomic E-state index is 12.5. The lowest BCUT2D eigenvalue weighted by molar-refractivity contribution is -0.131. The van der Waals surface area contributed by atoms with Gasteiger partial charge in [0.05, 0.1) is 22.8 Å². The van der Waals surface area contributed by atoms with Crippen molar-refractivity contribution in [3.05, 3.63) is 65.2 Å². The van der Waals surface area contributed by atoms with Crippen LogP contribution in [0.4, 0.5) is 5.69 Å². The summed E-state index contributed by atoms with van der Waals surface area (Å²) in [5, 5.41) is 4.76. The van der Waals surface area contributed by atoms with E-state index in [0.717, 1.165) is 38.3 Å². The van der Waals surface area contributed by atoms with Gasteiger partial charge in [-0.25, -0.2) is 4.98 Å². The van der Waals surface area contributed by atoms with Gasteiger partial charge in [0.15, 0.2) is 0 Å². The van der Waals surface area contributed by atoms with Gasteiger partial charge in [0.25, 0.3) is 0 Å². The third kappa shape index (κ3) is 5.35. The number of nitrogens with one attached hydrogen (secondary N) is 1. The molecule has 2 aromatic carbocycles. The van der Waals surface area contributed by atoms with Crippen LogP contribution in [0.5, 0.6) is 0 Å². The molecule has 0 spiro atoms. The summed E-state index contributed by atoms with van der Waals surface area (Å²) in [6.45, 7) is 6.09. The molecule has 2 amide bonds. The number of amides is 2. The topological polar surface area (TPSA) is 62.3 Å². The molecular weight excluding hydrogens is 382 g/mol. The Hall–Kier alpha value is -2.86. The molecule has 0 radical (unpaired) electrons. The molecule has 0 aliphatic rings. The highest BCUT2D eigenvalue weighted by Gasteiger charge is 2.14. The van der Waals surface area contributed by atoms with Crippen LogP contribution < -0.4 is 5.32 Å². The smallest absolute Gasteiger partial charge is 0.243 e. The Balaban J connectivity index is 1.57. The molecule has 29 heavy (non-hydrogen) atoms. The van der Waals surface area contributed by atoms with E-state index in [1.54, 1.807) is 7.05 Å². The van der Waals surface area contributed by atoms with Crippen LogP contribution in [-0.2, 0) is 9.59 Å². The Kier molecular flexibility index (Phi) is 6.54. The highest BCUT2D eigenvalue weighted by Crippen LogP contribution is 2.25. The molecule has 1 heterocycles. The number of benzene rings is 2. The highest BCUT2D eigenvalue weighted by atomic mass is 32.2. The Bertz CT molecular complexity index is 1050. The number of carbonyl (C=O) groups excluding carboxylic acids is 2. The number of aromatic nitrogens is 1. The van der Waals surface area contributed by atoms with E-state index in [1.165, 1.54) is 16.7 Å². The van der Waals surface area contributed by atoms with E-state index in [-0.39, 0.29) is 24.1 Å². The van der Waals surface area contributed by atoms with Gasteiger partial charge in [-0.2, -0.15) is 0 Å². The number of nitrogens with zero attached hydrogens (tertiary/aromatic N) is 2. The zero-order valence-corrected chi connectivity index (χ0v) is 18.0. The molecule has 0 unspecified atom stereocenters. The quantitative estimate of drug-likeness (QED) is 0.617. The molecule has 5 nitrogen and oxygen atoms in total. The Morgan fingerprint density at radius 1 is 1.03 bits per heavy atom. The molecule has 0 bridgehead atoms. The second kappa shape index (κ2) is 9.09. The molecule has 3 aromatic rings. The molecule has 1 N–H and O–H groups in total. The monoisotopic (exact) mass is 407 g/mol. The number of anilines is 1. The third-order valence-electron chi connectivity index (χ3n) is 4.71. The lowest BCUT2D eigenvalue weighted by Gasteiger charge is -2.17. The molecule has 3 rings (SSSR count). The van der Waals surface area contributed by atoms with E-state index in [9.17, 15) is 9.59 Å². The number of thioether (sulfide) groups is 1. The van der Waals surface area contributed by atoms with Crippen LogP contribution in [0.3, 0.4) is 0 Å². The molecule has 0 fully saturated rings. The number of carbonyl (C=O) groups is 2. The maximum absolute atomic E-state index is 12.5. The summed E-state index contributed by atoms with van der Waals surface area (Å²) in [4.78, 5) is 30.8. The van der Waals surface area contributed by atoms with Gasteiger partial charge >= 0.3 is 0 Å². The van der Waals surface area contributed by atoms with Gasteiger partial charge in [0.1, 0.15) is 0 Å². The van der Waals surface area contributed by atoms with Crippen LogP contribution in [0.15, 0.2) is 53.6 Å². The zero-order valence-electron chi connectivity index (χ0n) is 17.2. The van der Waals surface area contributed by atoms with Crippen molar-refractivity contribution >= 4 is 40.2 Å². The fourth-order valence-corrected chi connectivity index (χ4v) is 3.90. The van der Waals surface area contributed by atoms with Gasteiger partial charge in [-0.15, -0.1) is 0 Å². The van der Waals surface area contributed by atoms with E-state index in [2.05, 4.69) is 18.3 Å². The summed E-state index contributed by atoms with van der Waals surface area (Å²) < 4.78 is 0. The summed E-state index contributed by atoms with van der Waals surface area (Å²) >= 11 is 1.39. The predicted molar refractivity (Wildman–Crippen MR) is 119 cm³/mol. The van der Waals surface area contributed by atoms with Crippen LogP contribution in [0, 0.1) is 20.8 Å². The zero-order chi connectivity index (χ0) is 21.0. The minimum absolute atomic E-state index is 0.0105. The third-order valence-corrected chi connectivity index (χ3v) is 5.61. The summed E-state index contributed by atoms with van der Waals surface area (Å²) in [5.41, 5.74) is 5.07. The van der Waals surface area contributed by atoms with E-state index in [1.807, 2.05) is 56.3 Å². The summed E-state index contributed by atoms with van der Waals surface area (Å²) in [6, 6.07) is 15.7. The standard InChI is InChI=1S/C23H25N3O2S/c1-15-8-10-18(11-9-15)24-20(27)13-26(4)22(28)14-29-21-12-17(3)19-7-5-6-16(2)23(19)25-21/h5-12H,13-14H2,1-4H3,(H,24,27). The first-order chi connectivity index (χ1) is 13.8. The van der Waals surface area contributed by atoms with Gasteiger partial charge < -0.3 is 10.2 Å². The molecule has 0 aliphatic carbocycles. The maximum Gasteiger partial charge on any atom is 0.243 e. The summed E-state index contributed by atoms with van der Waals surface area (Å²) in [5.74, 6) is -0.0959. The van der Waals surface area contributed by atoms with Gasteiger partial charge in [0, 0.05) is 18.1 Å². The van der Waals surface area contributed by atoms with Crippen LogP contribution >= 0.6 is 11.8 Å². The average Bonchev–Trinajstić information content (AvgIpc) is 2.68. The first-order valence-corrected chi connectivity index (χ1v) is 10.4. The Morgan fingerprint density at radius 3 is 2.48 bits per heavy atom. The molecule has 1 aromatic heterocycles. The molecular formula is C23H25N3O2S. The Labute approximate surface area is 175 Å². The van der Waals surface area contributed by atoms with Gasteiger partial charge in [-0.05, 0) is 50.1 Å². The van der Waals surface area contributed by atoms with Gasteiger partial charge in [-0.1, -0.05) is 47.7 Å². The summed E-state index contributed by atoms with van der Waals surface area (Å²) in [7, 11) is 1.64. The van der Waals surface area contributed by atoms with Gasteiger partial charge in [-0.3, -0.25) is 9.59 Å². The van der Waals surface area contributed by atoms with E-state index >= 15 is 0 Å². The van der Waals surface area contributed by atoms with Crippen LogP contribution in [-0.4, -0.2) is 41.0 Å². The number of fused-ring (bicyclic) bond motifs is 1. The van der Waals surface area contributed by atoms with E-state index < -0.39 is 0 Å². The van der Waals surface area contributed by atoms with Crippen molar-refractivity contribution in [2.45, 2.75) is 25.8 Å². The van der Waals surface area contributed by atoms with E-state index in [4.69, 9.17) is 4.98 Å². The number of hydrogen-bond acceptors (Lipinski definition) is 4. The molecule has 150 valence electrons. The van der Waals surface area contributed by atoms with Crippen molar-refractivity contribution in [3.63, 3.8) is 0 Å². The fourth-order valence-electron chi connectivity index (χ4n) is 2.99. The van der Waals surface area contributed by atoms with Crippen molar-refractivity contribution in [3.8, 4) is 0 Å². The van der Waals surface area contributed by atoms with Crippen molar-refractivity contribution in [1.82, 2.24) is 9.88 Å².